The zero-order valence-corrected chi connectivity index (χ0v) is 12.2. The minimum Gasteiger partial charge on any atom is -0.383 e. The lowest BCUT2D eigenvalue weighted by molar-refractivity contribution is 0.0223. The Labute approximate surface area is 120 Å². The van der Waals surface area contributed by atoms with E-state index in [0.717, 1.165) is 0 Å². The Bertz CT molecular complexity index is 573. The molecule has 0 spiro atoms. The number of benzene rings is 2. The summed E-state index contributed by atoms with van der Waals surface area (Å²) >= 11 is 0. The van der Waals surface area contributed by atoms with Crippen LogP contribution >= 0.6 is 0 Å². The lowest BCUT2D eigenvalue weighted by atomic mass is 9.74. The first-order chi connectivity index (χ1) is 9.75. The number of ether oxygens (including phenoxy) is 2. The van der Waals surface area contributed by atoms with Crippen LogP contribution in [0.2, 0.25) is 0 Å². The third-order valence-corrected chi connectivity index (χ3v) is 4.53. The molecule has 2 aromatic rings. The minimum absolute atomic E-state index is 0.0484. The fraction of sp³-hybridized carbons (Fsp3) is 0.333. The summed E-state index contributed by atoms with van der Waals surface area (Å²) in [6.45, 7) is 2.74. The van der Waals surface area contributed by atoms with Gasteiger partial charge in [0.1, 0.15) is 0 Å². The van der Waals surface area contributed by atoms with Crippen molar-refractivity contribution >= 4 is 0 Å². The molecule has 0 aromatic heterocycles. The molecule has 2 nitrogen and oxygen atoms in total. The van der Waals surface area contributed by atoms with Crippen molar-refractivity contribution < 1.29 is 9.47 Å². The Hall–Kier alpha value is -1.64. The van der Waals surface area contributed by atoms with Gasteiger partial charge in [-0.2, -0.15) is 0 Å². The lowest BCUT2D eigenvalue weighted by Crippen LogP contribution is -2.42. The van der Waals surface area contributed by atoms with Crippen molar-refractivity contribution in [2.45, 2.75) is 18.4 Å². The van der Waals surface area contributed by atoms with E-state index in [1.165, 1.54) is 22.3 Å². The van der Waals surface area contributed by atoms with Gasteiger partial charge in [-0.15, -0.1) is 0 Å². The largest absolute Gasteiger partial charge is 0.383 e. The summed E-state index contributed by atoms with van der Waals surface area (Å²) in [6.07, 6.45) is 0.0484. The molecule has 0 heterocycles. The van der Waals surface area contributed by atoms with E-state index >= 15 is 0 Å². The van der Waals surface area contributed by atoms with Gasteiger partial charge in [-0.3, -0.25) is 0 Å². The Morgan fingerprint density at radius 1 is 0.900 bits per heavy atom. The number of rotatable bonds is 4. The molecule has 0 aliphatic heterocycles. The van der Waals surface area contributed by atoms with Crippen LogP contribution in [-0.2, 0) is 14.9 Å². The Kier molecular flexibility index (Phi) is 3.36. The van der Waals surface area contributed by atoms with Crippen molar-refractivity contribution in [1.82, 2.24) is 0 Å². The van der Waals surface area contributed by atoms with Gasteiger partial charge < -0.3 is 9.47 Å². The van der Waals surface area contributed by atoms with Crippen LogP contribution in [0.3, 0.4) is 0 Å². The fourth-order valence-corrected chi connectivity index (χ4v) is 3.50. The van der Waals surface area contributed by atoms with Crippen molar-refractivity contribution in [3.8, 4) is 11.1 Å². The van der Waals surface area contributed by atoms with Gasteiger partial charge in [-0.1, -0.05) is 48.5 Å². The second-order valence-electron chi connectivity index (χ2n) is 5.37. The topological polar surface area (TPSA) is 18.5 Å². The van der Waals surface area contributed by atoms with E-state index in [2.05, 4.69) is 55.5 Å². The predicted octanol–water partition coefficient (Wildman–Crippen LogP) is 3.63. The molecule has 20 heavy (non-hydrogen) atoms. The molecule has 0 bridgehead atoms. The predicted molar refractivity (Wildman–Crippen MR) is 81.0 cm³/mol. The van der Waals surface area contributed by atoms with Gasteiger partial charge in [0.25, 0.3) is 0 Å². The monoisotopic (exact) mass is 268 g/mol. The third-order valence-electron chi connectivity index (χ3n) is 4.53. The summed E-state index contributed by atoms with van der Waals surface area (Å²) < 4.78 is 11.3. The van der Waals surface area contributed by atoms with Crippen molar-refractivity contribution in [2.24, 2.45) is 0 Å². The highest BCUT2D eigenvalue weighted by atomic mass is 16.5. The van der Waals surface area contributed by atoms with Crippen LogP contribution in [0.4, 0.5) is 0 Å². The average molecular weight is 268 g/mol. The maximum atomic E-state index is 5.72. The van der Waals surface area contributed by atoms with E-state index in [4.69, 9.17) is 9.47 Å². The maximum absolute atomic E-state index is 5.72. The SMILES string of the molecule is COCC1(C(C)OC)c2ccccc2-c2ccccc21. The number of hydrogen-bond donors (Lipinski definition) is 0. The molecule has 0 amide bonds. The van der Waals surface area contributed by atoms with Crippen LogP contribution in [0, 0.1) is 0 Å². The molecular weight excluding hydrogens is 248 g/mol. The van der Waals surface area contributed by atoms with Crippen molar-refractivity contribution in [3.05, 3.63) is 59.7 Å². The van der Waals surface area contributed by atoms with E-state index in [9.17, 15) is 0 Å². The van der Waals surface area contributed by atoms with Crippen LogP contribution in [0.15, 0.2) is 48.5 Å². The normalized spacial score (nSPS) is 16.6. The number of methoxy groups -OCH3 is 2. The fourth-order valence-electron chi connectivity index (χ4n) is 3.50. The first-order valence-electron chi connectivity index (χ1n) is 6.97. The van der Waals surface area contributed by atoms with Crippen molar-refractivity contribution in [3.63, 3.8) is 0 Å². The van der Waals surface area contributed by atoms with Crippen molar-refractivity contribution in [2.75, 3.05) is 20.8 Å². The van der Waals surface area contributed by atoms with Gasteiger partial charge >= 0.3 is 0 Å². The molecule has 0 fully saturated rings. The lowest BCUT2D eigenvalue weighted by Gasteiger charge is -2.36. The molecule has 2 heteroatoms. The van der Waals surface area contributed by atoms with E-state index in [1.807, 2.05) is 0 Å². The summed E-state index contributed by atoms with van der Waals surface area (Å²) in [7, 11) is 3.53. The third kappa shape index (κ3) is 1.65. The highest BCUT2D eigenvalue weighted by molar-refractivity contribution is 5.81. The summed E-state index contributed by atoms with van der Waals surface area (Å²) in [5.74, 6) is 0. The van der Waals surface area contributed by atoms with E-state index in [0.29, 0.717) is 6.61 Å². The smallest absolute Gasteiger partial charge is 0.0706 e. The van der Waals surface area contributed by atoms with Gasteiger partial charge in [0.05, 0.1) is 18.1 Å². The van der Waals surface area contributed by atoms with Crippen molar-refractivity contribution in [1.29, 1.82) is 0 Å². The van der Waals surface area contributed by atoms with E-state index in [-0.39, 0.29) is 11.5 Å². The number of hydrogen-bond acceptors (Lipinski definition) is 2. The molecule has 0 N–H and O–H groups in total. The maximum Gasteiger partial charge on any atom is 0.0706 e. The second-order valence-corrected chi connectivity index (χ2v) is 5.37. The minimum atomic E-state index is -0.226. The van der Waals surface area contributed by atoms with Crippen LogP contribution in [0.5, 0.6) is 0 Å². The van der Waals surface area contributed by atoms with E-state index in [1.54, 1.807) is 14.2 Å². The summed E-state index contributed by atoms with van der Waals surface area (Å²) in [4.78, 5) is 0. The van der Waals surface area contributed by atoms with Gasteiger partial charge in [-0.25, -0.2) is 0 Å². The first-order valence-corrected chi connectivity index (χ1v) is 6.97. The quantitative estimate of drug-likeness (QED) is 0.843. The first kappa shape index (κ1) is 13.3. The molecule has 0 radical (unpaired) electrons. The molecular formula is C18H20O2. The highest BCUT2D eigenvalue weighted by Gasteiger charge is 2.47. The highest BCUT2D eigenvalue weighted by Crippen LogP contribution is 2.51. The average Bonchev–Trinajstić information content (AvgIpc) is 2.79. The molecule has 1 unspecified atom stereocenters. The standard InChI is InChI=1S/C18H20O2/c1-13(20-3)18(12-19-2)16-10-6-4-8-14(16)15-9-5-7-11-17(15)18/h4-11,13H,12H2,1-3H3. The molecule has 104 valence electrons. The van der Waals surface area contributed by atoms with E-state index < -0.39 is 0 Å². The molecule has 2 aromatic carbocycles. The summed E-state index contributed by atoms with van der Waals surface area (Å²) in [5.41, 5.74) is 4.97. The second kappa shape index (κ2) is 5.04. The van der Waals surface area contributed by atoms with Gasteiger partial charge in [0.15, 0.2) is 0 Å². The number of fused-ring (bicyclic) bond motifs is 3. The zero-order chi connectivity index (χ0) is 14.2. The Balaban J connectivity index is 2.33. The van der Waals surface area contributed by atoms with Gasteiger partial charge in [-0.05, 0) is 29.2 Å². The van der Waals surface area contributed by atoms with Crippen LogP contribution in [0.1, 0.15) is 18.1 Å². The van der Waals surface area contributed by atoms with Gasteiger partial charge in [0.2, 0.25) is 0 Å². The molecule has 1 aliphatic rings. The van der Waals surface area contributed by atoms with Crippen LogP contribution in [0.25, 0.3) is 11.1 Å². The molecule has 0 saturated carbocycles. The summed E-state index contributed by atoms with van der Waals surface area (Å²) in [6, 6.07) is 17.1. The molecule has 1 aliphatic carbocycles. The zero-order valence-electron chi connectivity index (χ0n) is 12.2. The summed E-state index contributed by atoms with van der Waals surface area (Å²) in [5, 5.41) is 0. The van der Waals surface area contributed by atoms with Crippen LogP contribution < -0.4 is 0 Å². The Morgan fingerprint density at radius 2 is 1.40 bits per heavy atom. The van der Waals surface area contributed by atoms with Gasteiger partial charge in [0, 0.05) is 14.2 Å². The molecule has 3 rings (SSSR count). The Morgan fingerprint density at radius 3 is 1.85 bits per heavy atom. The molecule has 1 atom stereocenters. The van der Waals surface area contributed by atoms with Crippen LogP contribution in [-0.4, -0.2) is 26.9 Å². The molecule has 0 saturated heterocycles.